The van der Waals surface area contributed by atoms with Crippen molar-refractivity contribution < 1.29 is 4.39 Å². The third-order valence-corrected chi connectivity index (χ3v) is 4.87. The summed E-state index contributed by atoms with van der Waals surface area (Å²) in [6.45, 7) is 3.63. The summed E-state index contributed by atoms with van der Waals surface area (Å²) in [6.07, 6.45) is 2.78. The van der Waals surface area contributed by atoms with Gasteiger partial charge >= 0.3 is 0 Å². The number of nitrogens with one attached hydrogen (secondary N) is 3. The largest absolute Gasteiger partial charge is 0.361 e. The predicted octanol–water partition coefficient (Wildman–Crippen LogP) is 3.58. The number of H-pyrrole nitrogens is 1. The average molecular weight is 344 g/mol. The molecule has 2 heterocycles. The Labute approximate surface area is 144 Å². The van der Waals surface area contributed by atoms with Crippen molar-refractivity contribution in [2.75, 3.05) is 13.6 Å². The van der Waals surface area contributed by atoms with Gasteiger partial charge in [-0.05, 0) is 49.2 Å². The molecule has 2 aromatic heterocycles. The second kappa shape index (κ2) is 7.49. The number of hydrogen-bond donors (Lipinski definition) is 3. The van der Waals surface area contributed by atoms with Crippen LogP contribution in [0, 0.1) is 12.7 Å². The fourth-order valence-electron chi connectivity index (χ4n) is 2.65. The van der Waals surface area contributed by atoms with Gasteiger partial charge in [0.05, 0.1) is 6.54 Å². The number of hydrogen-bond acceptors (Lipinski definition) is 2. The number of rotatable bonds is 5. The minimum Gasteiger partial charge on any atom is -0.361 e. The Kier molecular flexibility index (Phi) is 5.15. The van der Waals surface area contributed by atoms with Crippen molar-refractivity contribution in [3.05, 3.63) is 57.7 Å². The van der Waals surface area contributed by atoms with Gasteiger partial charge in [0.15, 0.2) is 5.96 Å². The summed E-state index contributed by atoms with van der Waals surface area (Å²) < 4.78 is 13.2. The van der Waals surface area contributed by atoms with Crippen molar-refractivity contribution in [1.82, 2.24) is 15.6 Å². The molecule has 126 valence electrons. The lowest BCUT2D eigenvalue weighted by molar-refractivity contribution is 0.629. The van der Waals surface area contributed by atoms with Crippen LogP contribution >= 0.6 is 11.3 Å². The van der Waals surface area contributed by atoms with E-state index in [2.05, 4.69) is 39.7 Å². The van der Waals surface area contributed by atoms with Crippen LogP contribution in [0.1, 0.15) is 15.3 Å². The maximum absolute atomic E-state index is 13.2. The number of fused-ring (bicyclic) bond motifs is 1. The van der Waals surface area contributed by atoms with Crippen molar-refractivity contribution in [2.45, 2.75) is 19.9 Å². The van der Waals surface area contributed by atoms with Gasteiger partial charge in [-0.15, -0.1) is 11.3 Å². The van der Waals surface area contributed by atoms with Crippen LogP contribution < -0.4 is 10.6 Å². The molecule has 0 saturated heterocycles. The molecular weight excluding hydrogens is 323 g/mol. The third kappa shape index (κ3) is 3.94. The molecule has 0 aliphatic rings. The molecule has 0 fully saturated rings. The molecule has 3 aromatic rings. The van der Waals surface area contributed by atoms with E-state index in [1.54, 1.807) is 18.4 Å². The van der Waals surface area contributed by atoms with Gasteiger partial charge in [0.25, 0.3) is 0 Å². The fourth-order valence-corrected chi connectivity index (χ4v) is 3.48. The zero-order chi connectivity index (χ0) is 16.9. The highest BCUT2D eigenvalue weighted by atomic mass is 32.1. The number of guanidine groups is 1. The number of aromatic nitrogens is 1. The highest BCUT2D eigenvalue weighted by Gasteiger charge is 2.05. The van der Waals surface area contributed by atoms with Crippen LogP contribution in [0.2, 0.25) is 0 Å². The minimum absolute atomic E-state index is 0.220. The number of aliphatic imine (C=N–C) groups is 1. The zero-order valence-electron chi connectivity index (χ0n) is 13.8. The van der Waals surface area contributed by atoms with Gasteiger partial charge in [0, 0.05) is 40.4 Å². The Morgan fingerprint density at radius 2 is 2.12 bits per heavy atom. The summed E-state index contributed by atoms with van der Waals surface area (Å²) in [6, 6.07) is 9.10. The normalized spacial score (nSPS) is 11.9. The Morgan fingerprint density at radius 1 is 1.25 bits per heavy atom. The zero-order valence-corrected chi connectivity index (χ0v) is 14.6. The first-order valence-corrected chi connectivity index (χ1v) is 8.72. The number of aromatic amines is 1. The second-order valence-electron chi connectivity index (χ2n) is 5.62. The molecule has 3 N–H and O–H groups in total. The summed E-state index contributed by atoms with van der Waals surface area (Å²) in [5.74, 6) is 0.564. The molecule has 0 bridgehead atoms. The molecule has 4 nitrogen and oxygen atoms in total. The second-order valence-corrected chi connectivity index (χ2v) is 6.99. The smallest absolute Gasteiger partial charge is 0.191 e. The van der Waals surface area contributed by atoms with E-state index >= 15 is 0 Å². The Bertz CT molecular complexity index is 850. The molecule has 0 atom stereocenters. The van der Waals surface area contributed by atoms with Crippen LogP contribution in [0.25, 0.3) is 10.9 Å². The van der Waals surface area contributed by atoms with Gasteiger partial charge in [-0.25, -0.2) is 4.39 Å². The summed E-state index contributed by atoms with van der Waals surface area (Å²) in [7, 11) is 1.77. The lowest BCUT2D eigenvalue weighted by atomic mass is 10.1. The molecule has 0 saturated carbocycles. The van der Waals surface area contributed by atoms with E-state index in [9.17, 15) is 4.39 Å². The lowest BCUT2D eigenvalue weighted by Gasteiger charge is -2.11. The molecule has 0 radical (unpaired) electrons. The van der Waals surface area contributed by atoms with Crippen molar-refractivity contribution in [3.8, 4) is 0 Å². The Hall–Kier alpha value is -2.34. The molecule has 0 amide bonds. The molecule has 3 rings (SSSR count). The van der Waals surface area contributed by atoms with Crippen LogP contribution in [-0.2, 0) is 13.0 Å². The third-order valence-electron chi connectivity index (χ3n) is 3.87. The Morgan fingerprint density at radius 3 is 2.88 bits per heavy atom. The summed E-state index contributed by atoms with van der Waals surface area (Å²) in [4.78, 5) is 9.96. The van der Waals surface area contributed by atoms with Crippen molar-refractivity contribution in [3.63, 3.8) is 0 Å². The van der Waals surface area contributed by atoms with Crippen LogP contribution in [0.15, 0.2) is 41.5 Å². The van der Waals surface area contributed by atoms with Gasteiger partial charge < -0.3 is 15.6 Å². The molecule has 1 aromatic carbocycles. The first kappa shape index (κ1) is 16.5. The maximum atomic E-state index is 13.2. The SMILES string of the molecule is CN=C(NCCc1c[nH]c2cc(F)ccc12)NCc1ccc(C)s1. The summed E-state index contributed by atoms with van der Waals surface area (Å²) in [5.41, 5.74) is 2.00. The first-order valence-electron chi connectivity index (χ1n) is 7.91. The highest BCUT2D eigenvalue weighted by molar-refractivity contribution is 7.11. The topological polar surface area (TPSA) is 52.2 Å². The summed E-state index contributed by atoms with van der Waals surface area (Å²) in [5, 5.41) is 7.70. The highest BCUT2D eigenvalue weighted by Crippen LogP contribution is 2.19. The number of benzene rings is 1. The van der Waals surface area contributed by atoms with Crippen molar-refractivity contribution in [2.24, 2.45) is 4.99 Å². The number of thiophene rings is 1. The van der Waals surface area contributed by atoms with Gasteiger partial charge in [-0.2, -0.15) is 0 Å². The van der Waals surface area contributed by atoms with E-state index < -0.39 is 0 Å². The van der Waals surface area contributed by atoms with E-state index in [4.69, 9.17) is 0 Å². The molecule has 0 aliphatic heterocycles. The number of halogens is 1. The monoisotopic (exact) mass is 344 g/mol. The van der Waals surface area contributed by atoms with Gasteiger partial charge in [0.1, 0.15) is 5.82 Å². The van der Waals surface area contributed by atoms with Gasteiger partial charge in [-0.1, -0.05) is 0 Å². The van der Waals surface area contributed by atoms with Crippen molar-refractivity contribution >= 4 is 28.2 Å². The summed E-state index contributed by atoms with van der Waals surface area (Å²) >= 11 is 1.78. The average Bonchev–Trinajstić information content (AvgIpc) is 3.16. The number of nitrogens with zero attached hydrogens (tertiary/aromatic N) is 1. The van der Waals surface area contributed by atoms with Gasteiger partial charge in [0.2, 0.25) is 0 Å². The van der Waals surface area contributed by atoms with E-state index in [0.29, 0.717) is 0 Å². The van der Waals surface area contributed by atoms with E-state index in [0.717, 1.165) is 36.4 Å². The minimum atomic E-state index is -0.220. The maximum Gasteiger partial charge on any atom is 0.191 e. The molecular formula is C18H21FN4S. The van der Waals surface area contributed by atoms with Crippen molar-refractivity contribution in [1.29, 1.82) is 0 Å². The van der Waals surface area contributed by atoms with Crippen LogP contribution in [-0.4, -0.2) is 24.5 Å². The standard InChI is InChI=1S/C18H21FN4S/c1-12-3-5-15(24-12)11-23-18(20-2)21-8-7-13-10-22-17-9-14(19)4-6-16(13)17/h3-6,9-10,22H,7-8,11H2,1-2H3,(H2,20,21,23). The van der Waals surface area contributed by atoms with E-state index in [1.807, 2.05) is 12.3 Å². The van der Waals surface area contributed by atoms with Crippen LogP contribution in [0.3, 0.4) is 0 Å². The molecule has 6 heteroatoms. The Balaban J connectivity index is 1.52. The van der Waals surface area contributed by atoms with E-state index in [-0.39, 0.29) is 5.82 Å². The predicted molar refractivity (Wildman–Crippen MR) is 99.2 cm³/mol. The molecule has 0 unspecified atom stereocenters. The first-order chi connectivity index (χ1) is 11.7. The molecule has 24 heavy (non-hydrogen) atoms. The van der Waals surface area contributed by atoms with Crippen LogP contribution in [0.4, 0.5) is 4.39 Å². The lowest BCUT2D eigenvalue weighted by Crippen LogP contribution is -2.37. The quantitative estimate of drug-likeness (QED) is 0.489. The van der Waals surface area contributed by atoms with Crippen LogP contribution in [0.5, 0.6) is 0 Å². The molecule has 0 aliphatic carbocycles. The van der Waals surface area contributed by atoms with E-state index in [1.165, 1.54) is 27.5 Å². The number of aryl methyl sites for hydroxylation is 1. The molecule has 0 spiro atoms. The van der Waals surface area contributed by atoms with Gasteiger partial charge in [-0.3, -0.25) is 4.99 Å². The fraction of sp³-hybridized carbons (Fsp3) is 0.278.